The fraction of sp³-hybridized carbons (Fsp3) is 0.0323. The monoisotopic (exact) mass is 543 g/mol. The Morgan fingerprint density at radius 1 is 0.854 bits per heavy atom. The van der Waals surface area contributed by atoms with Gasteiger partial charge in [-0.15, -0.1) is 5.10 Å². The molecule has 0 aliphatic carbocycles. The van der Waals surface area contributed by atoms with Gasteiger partial charge in [-0.2, -0.15) is 4.98 Å². The lowest BCUT2D eigenvalue weighted by Gasteiger charge is -2.14. The lowest BCUT2D eigenvalue weighted by Crippen LogP contribution is -2.21. The predicted molar refractivity (Wildman–Crippen MR) is 158 cm³/mol. The molecule has 0 bridgehead atoms. The van der Waals surface area contributed by atoms with Crippen LogP contribution in [0.15, 0.2) is 109 Å². The molecule has 4 aromatic carbocycles. The molecule has 0 saturated carbocycles. The highest BCUT2D eigenvalue weighted by molar-refractivity contribution is 6.07. The standard InChI is InChI=1S/C31H25N7O3/c1-20-11-13-22(14-12-20)38-27(19-28(39)37-38)35-31(40)34-25-15-16-26(24-10-6-5-9-23(24)25)41-29-17-18-32-30(36-29)33-21-7-3-2-4-8-21/h2-19H,1H3,(H,37,39)(H,32,33,36)(H2,34,35,40). The predicted octanol–water partition coefficient (Wildman–Crippen LogP) is 7.01. The van der Waals surface area contributed by atoms with E-state index in [1.807, 2.05) is 85.8 Å². The zero-order chi connectivity index (χ0) is 28.2. The van der Waals surface area contributed by atoms with Crippen molar-refractivity contribution in [2.24, 2.45) is 0 Å². The molecule has 0 fully saturated rings. The topological polar surface area (TPSA) is 126 Å². The maximum absolute atomic E-state index is 13.0. The zero-order valence-electron chi connectivity index (χ0n) is 21.9. The number of para-hydroxylation sites is 1. The molecule has 2 aromatic heterocycles. The van der Waals surface area contributed by atoms with Gasteiger partial charge in [-0.05, 0) is 43.3 Å². The lowest BCUT2D eigenvalue weighted by atomic mass is 10.1. The van der Waals surface area contributed by atoms with E-state index in [0.717, 1.165) is 22.0 Å². The Hall–Kier alpha value is -5.90. The number of amides is 2. The molecular weight excluding hydrogens is 518 g/mol. The van der Waals surface area contributed by atoms with E-state index in [9.17, 15) is 9.90 Å². The number of carbonyl (C=O) groups excluding carboxylic acids is 1. The average Bonchev–Trinajstić information content (AvgIpc) is 3.35. The van der Waals surface area contributed by atoms with E-state index in [0.29, 0.717) is 34.8 Å². The second-order valence-corrected chi connectivity index (χ2v) is 9.18. The number of urea groups is 1. The number of carbonyl (C=O) groups is 1. The van der Waals surface area contributed by atoms with Crippen molar-refractivity contribution < 1.29 is 14.6 Å². The molecular formula is C31H25N7O3. The van der Waals surface area contributed by atoms with Crippen molar-refractivity contribution in [2.75, 3.05) is 16.0 Å². The van der Waals surface area contributed by atoms with Crippen LogP contribution in [0, 0.1) is 6.92 Å². The molecule has 2 amide bonds. The number of fused-ring (bicyclic) bond motifs is 1. The molecule has 202 valence electrons. The molecule has 0 saturated heterocycles. The van der Waals surface area contributed by atoms with Crippen LogP contribution in [-0.4, -0.2) is 30.9 Å². The second kappa shape index (κ2) is 11.1. The number of rotatable bonds is 7. The number of hydrogen-bond donors (Lipinski definition) is 4. The van der Waals surface area contributed by atoms with Gasteiger partial charge in [0.25, 0.3) is 0 Å². The molecule has 0 atom stereocenters. The third kappa shape index (κ3) is 5.76. The molecule has 2 heterocycles. The fourth-order valence-corrected chi connectivity index (χ4v) is 4.30. The number of ether oxygens (including phenoxy) is 1. The van der Waals surface area contributed by atoms with Crippen LogP contribution < -0.4 is 20.7 Å². The minimum atomic E-state index is -0.496. The molecule has 4 N–H and O–H groups in total. The summed E-state index contributed by atoms with van der Waals surface area (Å²) in [5.74, 6) is 1.45. The van der Waals surface area contributed by atoms with Crippen molar-refractivity contribution in [3.63, 3.8) is 0 Å². The van der Waals surface area contributed by atoms with Gasteiger partial charge in [0.05, 0.1) is 11.4 Å². The van der Waals surface area contributed by atoms with E-state index in [2.05, 4.69) is 31.0 Å². The van der Waals surface area contributed by atoms with Crippen molar-refractivity contribution >= 4 is 39.9 Å². The van der Waals surface area contributed by atoms with Gasteiger partial charge in [0.15, 0.2) is 0 Å². The van der Waals surface area contributed by atoms with Gasteiger partial charge < -0.3 is 20.5 Å². The Labute approximate surface area is 235 Å². The van der Waals surface area contributed by atoms with E-state index in [1.54, 1.807) is 24.4 Å². The van der Waals surface area contributed by atoms with Gasteiger partial charge in [-0.25, -0.2) is 14.5 Å². The summed E-state index contributed by atoms with van der Waals surface area (Å²) in [7, 11) is 0. The lowest BCUT2D eigenvalue weighted by molar-refractivity contribution is 0.262. The van der Waals surface area contributed by atoms with E-state index >= 15 is 0 Å². The minimum Gasteiger partial charge on any atom is -0.492 e. The third-order valence-electron chi connectivity index (χ3n) is 6.22. The summed E-state index contributed by atoms with van der Waals surface area (Å²) < 4.78 is 7.61. The van der Waals surface area contributed by atoms with Crippen molar-refractivity contribution in [1.82, 2.24) is 19.7 Å². The average molecular weight is 544 g/mol. The SMILES string of the molecule is Cc1ccc(-n2nc(O)cc2NC(=O)Nc2ccc(Oc3ccnc(Nc4ccccc4)n3)c3ccccc23)cc1. The minimum absolute atomic E-state index is 0.209. The van der Waals surface area contributed by atoms with Gasteiger partial charge in [0.1, 0.15) is 11.6 Å². The van der Waals surface area contributed by atoms with Crippen LogP contribution in [0.1, 0.15) is 5.56 Å². The van der Waals surface area contributed by atoms with Gasteiger partial charge in [-0.3, -0.25) is 5.32 Å². The van der Waals surface area contributed by atoms with Gasteiger partial charge in [-0.1, -0.05) is 60.2 Å². The smallest absolute Gasteiger partial charge is 0.324 e. The number of aromatic hydroxyl groups is 1. The first kappa shape index (κ1) is 25.4. The number of aromatic nitrogens is 4. The maximum atomic E-state index is 13.0. The van der Waals surface area contributed by atoms with E-state index in [-0.39, 0.29) is 5.88 Å². The highest BCUT2D eigenvalue weighted by atomic mass is 16.5. The summed E-state index contributed by atoms with van der Waals surface area (Å²) >= 11 is 0. The molecule has 6 rings (SSSR count). The number of nitrogens with zero attached hydrogens (tertiary/aromatic N) is 4. The Morgan fingerprint density at radius 3 is 2.41 bits per heavy atom. The van der Waals surface area contributed by atoms with E-state index < -0.39 is 6.03 Å². The van der Waals surface area contributed by atoms with Crippen LogP contribution in [0.4, 0.5) is 27.9 Å². The van der Waals surface area contributed by atoms with Crippen LogP contribution in [0.25, 0.3) is 16.5 Å². The number of benzene rings is 4. The quantitative estimate of drug-likeness (QED) is 0.171. The first-order valence-corrected chi connectivity index (χ1v) is 12.8. The van der Waals surface area contributed by atoms with E-state index in [4.69, 9.17) is 4.74 Å². The second-order valence-electron chi connectivity index (χ2n) is 9.18. The molecule has 0 aliphatic rings. The summed E-state index contributed by atoms with van der Waals surface area (Å²) in [6.45, 7) is 1.98. The summed E-state index contributed by atoms with van der Waals surface area (Å²) in [6, 6.07) is 30.9. The van der Waals surface area contributed by atoms with Gasteiger partial charge >= 0.3 is 6.03 Å². The van der Waals surface area contributed by atoms with Crippen LogP contribution in [0.5, 0.6) is 17.5 Å². The summed E-state index contributed by atoms with van der Waals surface area (Å²) in [5, 5.41) is 24.5. The Morgan fingerprint density at radius 2 is 1.61 bits per heavy atom. The van der Waals surface area contributed by atoms with Crippen molar-refractivity contribution in [1.29, 1.82) is 0 Å². The van der Waals surface area contributed by atoms with Crippen LogP contribution >= 0.6 is 0 Å². The van der Waals surface area contributed by atoms with Crippen LogP contribution in [0.3, 0.4) is 0 Å². The molecule has 0 aliphatic heterocycles. The van der Waals surface area contributed by atoms with Crippen molar-refractivity contribution in [3.8, 4) is 23.2 Å². The van der Waals surface area contributed by atoms with Crippen molar-refractivity contribution in [3.05, 3.63) is 115 Å². The summed E-state index contributed by atoms with van der Waals surface area (Å²) in [5.41, 5.74) is 3.22. The van der Waals surface area contributed by atoms with Crippen LogP contribution in [0.2, 0.25) is 0 Å². The zero-order valence-corrected chi connectivity index (χ0v) is 21.9. The molecule has 10 heteroatoms. The maximum Gasteiger partial charge on any atom is 0.324 e. The Kier molecular flexibility index (Phi) is 6.85. The number of hydrogen-bond acceptors (Lipinski definition) is 7. The Balaban J connectivity index is 1.22. The Bertz CT molecular complexity index is 1840. The highest BCUT2D eigenvalue weighted by Crippen LogP contribution is 2.34. The number of nitrogens with one attached hydrogen (secondary N) is 3. The fourth-order valence-electron chi connectivity index (χ4n) is 4.30. The molecule has 10 nitrogen and oxygen atoms in total. The van der Waals surface area contributed by atoms with Crippen molar-refractivity contribution in [2.45, 2.75) is 6.92 Å². The number of anilines is 4. The first-order chi connectivity index (χ1) is 20.0. The van der Waals surface area contributed by atoms with Crippen LogP contribution in [-0.2, 0) is 0 Å². The van der Waals surface area contributed by atoms with Gasteiger partial charge in [0, 0.05) is 34.8 Å². The summed E-state index contributed by atoms with van der Waals surface area (Å²) in [4.78, 5) is 21.8. The molecule has 6 aromatic rings. The molecule has 0 unspecified atom stereocenters. The van der Waals surface area contributed by atoms with Gasteiger partial charge in [0.2, 0.25) is 17.7 Å². The molecule has 41 heavy (non-hydrogen) atoms. The highest BCUT2D eigenvalue weighted by Gasteiger charge is 2.15. The number of aryl methyl sites for hydroxylation is 1. The molecule has 0 spiro atoms. The molecule has 0 radical (unpaired) electrons. The normalized spacial score (nSPS) is 10.8. The van der Waals surface area contributed by atoms with E-state index in [1.165, 1.54) is 10.7 Å². The third-order valence-corrected chi connectivity index (χ3v) is 6.22. The first-order valence-electron chi connectivity index (χ1n) is 12.8. The largest absolute Gasteiger partial charge is 0.492 e. The summed E-state index contributed by atoms with van der Waals surface area (Å²) in [6.07, 6.45) is 1.62.